The fourth-order valence-corrected chi connectivity index (χ4v) is 3.75. The highest BCUT2D eigenvalue weighted by Gasteiger charge is 2.34. The van der Waals surface area contributed by atoms with Gasteiger partial charge in [0.2, 0.25) is 11.7 Å². The van der Waals surface area contributed by atoms with E-state index >= 15 is 0 Å². The van der Waals surface area contributed by atoms with Crippen molar-refractivity contribution in [2.75, 3.05) is 4.90 Å². The Hall–Kier alpha value is -2.97. The predicted octanol–water partition coefficient (Wildman–Crippen LogP) is 4.78. The van der Waals surface area contributed by atoms with Gasteiger partial charge in [0, 0.05) is 18.0 Å². The molecule has 1 aliphatic rings. The zero-order chi connectivity index (χ0) is 22.0. The third-order valence-electron chi connectivity index (χ3n) is 5.37. The molecule has 9 heteroatoms. The molecule has 0 unspecified atom stereocenters. The van der Waals surface area contributed by atoms with Gasteiger partial charge in [-0.2, -0.15) is 0 Å². The Bertz CT molecular complexity index is 936. The minimum atomic E-state index is -1.57. The van der Waals surface area contributed by atoms with Crippen molar-refractivity contribution in [1.29, 1.82) is 0 Å². The lowest BCUT2D eigenvalue weighted by molar-refractivity contribution is -0.124. The summed E-state index contributed by atoms with van der Waals surface area (Å²) in [5.41, 5.74) is 0.165. The van der Waals surface area contributed by atoms with Crippen LogP contribution in [0.4, 0.5) is 19.4 Å². The fraction of sp³-hybridized carbons (Fsp3) is 0.476. The number of hydrogen-bond donors (Lipinski definition) is 1. The van der Waals surface area contributed by atoms with Gasteiger partial charge < -0.3 is 9.84 Å². The zero-order valence-electron chi connectivity index (χ0n) is 17.1. The topological polar surface area (TPSA) is 84.7 Å². The van der Waals surface area contributed by atoms with Crippen molar-refractivity contribution in [1.82, 2.24) is 9.78 Å². The standard InChI is InChI=1S/C21H25F2N3O4/c1-12(2)26(20(27)14-6-4-13(3)5-7-14)19-18(30-21(28)29)11-25(24-19)15-8-9-16(22)17(23)10-15/h8-14H,4-7H2,1-3H3,(H,28,29). The lowest BCUT2D eigenvalue weighted by Crippen LogP contribution is -2.42. The molecule has 1 aliphatic carbocycles. The third-order valence-corrected chi connectivity index (χ3v) is 5.37. The van der Waals surface area contributed by atoms with E-state index in [0.29, 0.717) is 5.92 Å². The first-order valence-electron chi connectivity index (χ1n) is 9.96. The van der Waals surface area contributed by atoms with E-state index in [4.69, 9.17) is 9.84 Å². The van der Waals surface area contributed by atoms with E-state index in [9.17, 15) is 18.4 Å². The van der Waals surface area contributed by atoms with Gasteiger partial charge in [-0.3, -0.25) is 9.69 Å². The molecule has 1 saturated carbocycles. The molecule has 0 radical (unpaired) electrons. The number of aromatic nitrogens is 2. The maximum atomic E-state index is 13.7. The van der Waals surface area contributed by atoms with Crippen LogP contribution in [-0.2, 0) is 4.79 Å². The molecule has 0 spiro atoms. The van der Waals surface area contributed by atoms with Crippen LogP contribution in [0.25, 0.3) is 5.69 Å². The third kappa shape index (κ3) is 4.60. The summed E-state index contributed by atoms with van der Waals surface area (Å²) in [6, 6.07) is 2.85. The van der Waals surface area contributed by atoms with Gasteiger partial charge in [0.1, 0.15) is 0 Å². The molecule has 0 atom stereocenters. The van der Waals surface area contributed by atoms with Crippen molar-refractivity contribution < 1.29 is 28.2 Å². The quantitative estimate of drug-likeness (QED) is 0.703. The summed E-state index contributed by atoms with van der Waals surface area (Å²) in [6.07, 6.45) is 3.07. The Labute approximate surface area is 173 Å². The minimum Gasteiger partial charge on any atom is -0.449 e. The van der Waals surface area contributed by atoms with E-state index in [1.807, 2.05) is 0 Å². The smallest absolute Gasteiger partial charge is 0.449 e. The highest BCUT2D eigenvalue weighted by Crippen LogP contribution is 2.35. The Morgan fingerprint density at radius 1 is 1.20 bits per heavy atom. The van der Waals surface area contributed by atoms with E-state index < -0.39 is 17.8 Å². The first-order chi connectivity index (χ1) is 14.2. The van der Waals surface area contributed by atoms with Gasteiger partial charge in [-0.25, -0.2) is 18.3 Å². The second-order valence-corrected chi connectivity index (χ2v) is 7.99. The summed E-state index contributed by atoms with van der Waals surface area (Å²) in [4.78, 5) is 25.9. The number of rotatable bonds is 5. The Morgan fingerprint density at radius 3 is 2.43 bits per heavy atom. The number of halogens is 2. The Kier molecular flexibility index (Phi) is 6.38. The van der Waals surface area contributed by atoms with Crippen LogP contribution in [0.2, 0.25) is 0 Å². The number of ether oxygens (including phenoxy) is 1. The molecule has 1 fully saturated rings. The lowest BCUT2D eigenvalue weighted by Gasteiger charge is -2.32. The van der Waals surface area contributed by atoms with Gasteiger partial charge in [0.15, 0.2) is 17.4 Å². The predicted molar refractivity (Wildman–Crippen MR) is 106 cm³/mol. The van der Waals surface area contributed by atoms with Gasteiger partial charge in [-0.15, -0.1) is 5.10 Å². The summed E-state index contributed by atoms with van der Waals surface area (Å²) >= 11 is 0. The van der Waals surface area contributed by atoms with Crippen molar-refractivity contribution in [3.8, 4) is 11.4 Å². The van der Waals surface area contributed by atoms with Crippen LogP contribution < -0.4 is 9.64 Å². The average Bonchev–Trinajstić information content (AvgIpc) is 3.07. The zero-order valence-corrected chi connectivity index (χ0v) is 17.1. The van der Waals surface area contributed by atoms with Gasteiger partial charge in [-0.05, 0) is 57.6 Å². The molecule has 1 aromatic heterocycles. The SMILES string of the molecule is CC1CCC(C(=O)N(c2nn(-c3ccc(F)c(F)c3)cc2OC(=O)O)C(C)C)CC1. The van der Waals surface area contributed by atoms with Crippen LogP contribution in [0.3, 0.4) is 0 Å². The maximum Gasteiger partial charge on any atom is 0.511 e. The van der Waals surface area contributed by atoms with Crippen molar-refractivity contribution in [2.45, 2.75) is 52.5 Å². The highest BCUT2D eigenvalue weighted by atomic mass is 19.2. The van der Waals surface area contributed by atoms with E-state index in [-0.39, 0.29) is 35.1 Å². The molecule has 0 saturated heterocycles. The molecule has 1 amide bonds. The first-order valence-corrected chi connectivity index (χ1v) is 9.96. The van der Waals surface area contributed by atoms with Crippen LogP contribution in [0.15, 0.2) is 24.4 Å². The number of carboxylic acid groups (broad SMARTS) is 1. The monoisotopic (exact) mass is 421 g/mol. The molecule has 1 N–H and O–H groups in total. The van der Waals surface area contributed by atoms with Crippen molar-refractivity contribution in [3.05, 3.63) is 36.0 Å². The molecule has 0 bridgehead atoms. The maximum absolute atomic E-state index is 13.7. The molecular formula is C21H25F2N3O4. The van der Waals surface area contributed by atoms with Crippen LogP contribution in [0.5, 0.6) is 5.75 Å². The summed E-state index contributed by atoms with van der Waals surface area (Å²) in [7, 11) is 0. The number of nitrogens with zero attached hydrogens (tertiary/aromatic N) is 3. The molecular weight excluding hydrogens is 396 g/mol. The molecule has 2 aromatic rings. The average molecular weight is 421 g/mol. The molecule has 162 valence electrons. The normalized spacial score (nSPS) is 19.0. The molecule has 3 rings (SSSR count). The molecule has 30 heavy (non-hydrogen) atoms. The summed E-state index contributed by atoms with van der Waals surface area (Å²) in [5, 5.41) is 13.4. The largest absolute Gasteiger partial charge is 0.511 e. The molecule has 7 nitrogen and oxygen atoms in total. The van der Waals surface area contributed by atoms with Crippen LogP contribution in [-0.4, -0.2) is 33.0 Å². The summed E-state index contributed by atoms with van der Waals surface area (Å²) in [5.74, 6) is -1.98. The number of carbonyl (C=O) groups excluding carboxylic acids is 1. The first kappa shape index (κ1) is 21.7. The number of hydrogen-bond acceptors (Lipinski definition) is 4. The summed E-state index contributed by atoms with van der Waals surface area (Å²) in [6.45, 7) is 5.75. The van der Waals surface area contributed by atoms with E-state index in [1.165, 1.54) is 21.8 Å². The van der Waals surface area contributed by atoms with E-state index in [1.54, 1.807) is 13.8 Å². The number of amides is 1. The van der Waals surface area contributed by atoms with Gasteiger partial charge in [0.05, 0.1) is 11.9 Å². The molecule has 0 aliphatic heterocycles. The van der Waals surface area contributed by atoms with Crippen molar-refractivity contribution in [2.24, 2.45) is 11.8 Å². The van der Waals surface area contributed by atoms with Gasteiger partial charge >= 0.3 is 6.16 Å². The van der Waals surface area contributed by atoms with E-state index in [2.05, 4.69) is 12.0 Å². The Morgan fingerprint density at radius 2 is 1.87 bits per heavy atom. The van der Waals surface area contributed by atoms with Crippen LogP contribution >= 0.6 is 0 Å². The van der Waals surface area contributed by atoms with Crippen molar-refractivity contribution in [3.63, 3.8) is 0 Å². The van der Waals surface area contributed by atoms with Gasteiger partial charge in [-0.1, -0.05) is 6.92 Å². The minimum absolute atomic E-state index is 0.0285. The Balaban J connectivity index is 2.01. The fourth-order valence-electron chi connectivity index (χ4n) is 3.75. The number of benzene rings is 1. The van der Waals surface area contributed by atoms with Gasteiger partial charge in [0.25, 0.3) is 0 Å². The highest BCUT2D eigenvalue weighted by molar-refractivity contribution is 5.96. The van der Waals surface area contributed by atoms with Crippen LogP contribution in [0.1, 0.15) is 46.5 Å². The van der Waals surface area contributed by atoms with Crippen LogP contribution in [0, 0.1) is 23.5 Å². The molecule has 1 aromatic carbocycles. The molecule has 1 heterocycles. The van der Waals surface area contributed by atoms with Crippen molar-refractivity contribution >= 4 is 17.9 Å². The summed E-state index contributed by atoms with van der Waals surface area (Å²) < 4.78 is 33.0. The number of carbonyl (C=O) groups is 2. The van der Waals surface area contributed by atoms with E-state index in [0.717, 1.165) is 37.8 Å². The number of anilines is 1. The second-order valence-electron chi connectivity index (χ2n) is 7.99. The second kappa shape index (κ2) is 8.81. The lowest BCUT2D eigenvalue weighted by atomic mass is 9.82.